The van der Waals surface area contributed by atoms with Gasteiger partial charge in [0.1, 0.15) is 5.75 Å². The molecule has 4 nitrogen and oxygen atoms in total. The Balaban J connectivity index is 1.67. The first kappa shape index (κ1) is 15.3. The molecule has 1 saturated heterocycles. The predicted molar refractivity (Wildman–Crippen MR) is 80.9 cm³/mol. The standard InChI is InChI=1S/C16H26N2O2/c1-2-15-13-19-11-9-18(15)8-3-10-20-16-6-4-14(12-17)5-7-16/h4-7,15H,2-3,8-13,17H2,1H3. The molecular weight excluding hydrogens is 252 g/mol. The molecule has 0 saturated carbocycles. The predicted octanol–water partition coefficient (Wildman–Crippen LogP) is 2.02. The molecule has 0 spiro atoms. The van der Waals surface area contributed by atoms with Crippen molar-refractivity contribution in [1.29, 1.82) is 0 Å². The lowest BCUT2D eigenvalue weighted by Gasteiger charge is -2.34. The largest absolute Gasteiger partial charge is 0.494 e. The van der Waals surface area contributed by atoms with Crippen molar-refractivity contribution in [1.82, 2.24) is 4.90 Å². The maximum absolute atomic E-state index is 5.77. The summed E-state index contributed by atoms with van der Waals surface area (Å²) in [4.78, 5) is 2.52. The molecule has 2 N–H and O–H groups in total. The minimum atomic E-state index is 0.576. The van der Waals surface area contributed by atoms with E-state index >= 15 is 0 Å². The fourth-order valence-corrected chi connectivity index (χ4v) is 2.54. The van der Waals surface area contributed by atoms with Crippen LogP contribution in [0, 0.1) is 0 Å². The van der Waals surface area contributed by atoms with Gasteiger partial charge >= 0.3 is 0 Å². The minimum absolute atomic E-state index is 0.576. The first-order chi connectivity index (χ1) is 9.83. The van der Waals surface area contributed by atoms with Gasteiger partial charge in [0, 0.05) is 25.7 Å². The smallest absolute Gasteiger partial charge is 0.119 e. The Labute approximate surface area is 121 Å². The van der Waals surface area contributed by atoms with E-state index in [0.29, 0.717) is 12.6 Å². The van der Waals surface area contributed by atoms with E-state index in [1.165, 1.54) is 0 Å². The van der Waals surface area contributed by atoms with Crippen LogP contribution in [0.5, 0.6) is 5.75 Å². The second-order valence-corrected chi connectivity index (χ2v) is 5.22. The molecule has 0 radical (unpaired) electrons. The summed E-state index contributed by atoms with van der Waals surface area (Å²) in [6.45, 7) is 7.43. The van der Waals surface area contributed by atoms with Crippen LogP contribution in [0.3, 0.4) is 0 Å². The summed E-state index contributed by atoms with van der Waals surface area (Å²) in [5.41, 5.74) is 6.71. The summed E-state index contributed by atoms with van der Waals surface area (Å²) >= 11 is 0. The van der Waals surface area contributed by atoms with Crippen LogP contribution < -0.4 is 10.5 Å². The highest BCUT2D eigenvalue weighted by molar-refractivity contribution is 5.26. The van der Waals surface area contributed by atoms with Gasteiger partial charge in [0.2, 0.25) is 0 Å². The Hall–Kier alpha value is -1.10. The third kappa shape index (κ3) is 4.47. The van der Waals surface area contributed by atoms with E-state index in [2.05, 4.69) is 11.8 Å². The van der Waals surface area contributed by atoms with Gasteiger partial charge in [-0.3, -0.25) is 4.90 Å². The molecule has 1 aromatic rings. The van der Waals surface area contributed by atoms with E-state index in [4.69, 9.17) is 15.2 Å². The van der Waals surface area contributed by atoms with E-state index in [-0.39, 0.29) is 0 Å². The average Bonchev–Trinajstić information content (AvgIpc) is 2.52. The van der Waals surface area contributed by atoms with Crippen molar-refractivity contribution in [3.63, 3.8) is 0 Å². The molecule has 0 amide bonds. The number of morpholine rings is 1. The molecule has 1 atom stereocenters. The Morgan fingerprint density at radius 2 is 2.15 bits per heavy atom. The Bertz CT molecular complexity index is 381. The van der Waals surface area contributed by atoms with E-state index < -0.39 is 0 Å². The molecule has 1 aliphatic heterocycles. The maximum atomic E-state index is 5.77. The zero-order chi connectivity index (χ0) is 14.2. The summed E-state index contributed by atoms with van der Waals surface area (Å²) in [5, 5.41) is 0. The van der Waals surface area contributed by atoms with Gasteiger partial charge in [-0.15, -0.1) is 0 Å². The number of nitrogens with zero attached hydrogens (tertiary/aromatic N) is 1. The lowest BCUT2D eigenvalue weighted by molar-refractivity contribution is -0.0102. The number of benzene rings is 1. The zero-order valence-corrected chi connectivity index (χ0v) is 12.4. The van der Waals surface area contributed by atoms with Crippen LogP contribution in [0.15, 0.2) is 24.3 Å². The normalized spacial score (nSPS) is 20.0. The Kier molecular flexibility index (Phi) is 6.30. The van der Waals surface area contributed by atoms with Crippen molar-refractivity contribution < 1.29 is 9.47 Å². The molecule has 1 fully saturated rings. The maximum Gasteiger partial charge on any atom is 0.119 e. The Morgan fingerprint density at radius 1 is 1.35 bits per heavy atom. The van der Waals surface area contributed by atoms with Crippen LogP contribution in [-0.4, -0.2) is 43.9 Å². The highest BCUT2D eigenvalue weighted by Gasteiger charge is 2.20. The molecule has 4 heteroatoms. The first-order valence-corrected chi connectivity index (χ1v) is 7.57. The number of rotatable bonds is 7. The molecule has 20 heavy (non-hydrogen) atoms. The van der Waals surface area contributed by atoms with Crippen molar-refractivity contribution in [2.45, 2.75) is 32.4 Å². The topological polar surface area (TPSA) is 47.7 Å². The highest BCUT2D eigenvalue weighted by atomic mass is 16.5. The van der Waals surface area contributed by atoms with Crippen molar-refractivity contribution in [2.75, 3.05) is 32.9 Å². The van der Waals surface area contributed by atoms with Gasteiger partial charge in [0.05, 0.1) is 19.8 Å². The van der Waals surface area contributed by atoms with Crippen LogP contribution in [0.25, 0.3) is 0 Å². The van der Waals surface area contributed by atoms with E-state index in [0.717, 1.165) is 57.1 Å². The fraction of sp³-hybridized carbons (Fsp3) is 0.625. The molecule has 0 aromatic heterocycles. The van der Waals surface area contributed by atoms with E-state index in [1.807, 2.05) is 24.3 Å². The monoisotopic (exact) mass is 278 g/mol. The van der Waals surface area contributed by atoms with Crippen molar-refractivity contribution in [3.05, 3.63) is 29.8 Å². The quantitative estimate of drug-likeness (QED) is 0.775. The highest BCUT2D eigenvalue weighted by Crippen LogP contribution is 2.13. The van der Waals surface area contributed by atoms with Crippen LogP contribution in [-0.2, 0) is 11.3 Å². The summed E-state index contributed by atoms with van der Waals surface area (Å²) in [6, 6.07) is 8.60. The van der Waals surface area contributed by atoms with Gasteiger partial charge in [0.25, 0.3) is 0 Å². The van der Waals surface area contributed by atoms with Crippen LogP contribution in [0.4, 0.5) is 0 Å². The summed E-state index contributed by atoms with van der Waals surface area (Å²) in [5.74, 6) is 0.927. The second-order valence-electron chi connectivity index (χ2n) is 5.22. The van der Waals surface area contributed by atoms with E-state index in [9.17, 15) is 0 Å². The van der Waals surface area contributed by atoms with E-state index in [1.54, 1.807) is 0 Å². The molecule has 2 rings (SSSR count). The van der Waals surface area contributed by atoms with Crippen molar-refractivity contribution in [3.8, 4) is 5.75 Å². The van der Waals surface area contributed by atoms with Crippen LogP contribution in [0.1, 0.15) is 25.3 Å². The number of ether oxygens (including phenoxy) is 2. The summed E-state index contributed by atoms with van der Waals surface area (Å²) in [7, 11) is 0. The molecule has 1 aliphatic rings. The molecule has 1 aromatic carbocycles. The molecule has 112 valence electrons. The number of hydrogen-bond donors (Lipinski definition) is 1. The lowest BCUT2D eigenvalue weighted by Crippen LogP contribution is -2.45. The van der Waals surface area contributed by atoms with Crippen LogP contribution >= 0.6 is 0 Å². The average molecular weight is 278 g/mol. The zero-order valence-electron chi connectivity index (χ0n) is 12.4. The number of nitrogens with two attached hydrogens (primary N) is 1. The van der Waals surface area contributed by atoms with Gasteiger partial charge in [-0.05, 0) is 30.5 Å². The number of hydrogen-bond acceptors (Lipinski definition) is 4. The third-order valence-electron chi connectivity index (χ3n) is 3.84. The summed E-state index contributed by atoms with van der Waals surface area (Å²) in [6.07, 6.45) is 2.20. The van der Waals surface area contributed by atoms with Crippen LogP contribution in [0.2, 0.25) is 0 Å². The minimum Gasteiger partial charge on any atom is -0.494 e. The van der Waals surface area contributed by atoms with Gasteiger partial charge < -0.3 is 15.2 Å². The lowest BCUT2D eigenvalue weighted by atomic mass is 10.1. The molecular formula is C16H26N2O2. The Morgan fingerprint density at radius 3 is 2.85 bits per heavy atom. The molecule has 1 unspecified atom stereocenters. The van der Waals surface area contributed by atoms with Gasteiger partial charge in [0.15, 0.2) is 0 Å². The fourth-order valence-electron chi connectivity index (χ4n) is 2.54. The molecule has 0 aliphatic carbocycles. The third-order valence-corrected chi connectivity index (χ3v) is 3.84. The SMILES string of the molecule is CCC1COCCN1CCCOc1ccc(CN)cc1. The molecule has 0 bridgehead atoms. The summed E-state index contributed by atoms with van der Waals surface area (Å²) < 4.78 is 11.3. The second kappa shape index (κ2) is 8.25. The first-order valence-electron chi connectivity index (χ1n) is 7.57. The van der Waals surface area contributed by atoms with Crippen molar-refractivity contribution in [2.24, 2.45) is 5.73 Å². The van der Waals surface area contributed by atoms with Crippen molar-refractivity contribution >= 4 is 0 Å². The van der Waals surface area contributed by atoms with Gasteiger partial charge in [-0.2, -0.15) is 0 Å². The van der Waals surface area contributed by atoms with Gasteiger partial charge in [-0.25, -0.2) is 0 Å². The van der Waals surface area contributed by atoms with Gasteiger partial charge in [-0.1, -0.05) is 19.1 Å². The molecule has 1 heterocycles.